The average molecular weight is 344 g/mol. The molecule has 1 aliphatic heterocycles. The molecular formula is C16H24O8. The summed E-state index contributed by atoms with van der Waals surface area (Å²) in [6.07, 6.45) is -2.30. The number of hydrogen-bond donors (Lipinski definition) is 2. The van der Waals surface area contributed by atoms with E-state index in [1.165, 1.54) is 13.8 Å². The highest BCUT2D eigenvalue weighted by Crippen LogP contribution is 2.46. The minimum Gasteiger partial charge on any atom is -0.456 e. The number of carbonyl (C=O) groups excluding carboxylic acids is 2. The third-order valence-electron chi connectivity index (χ3n) is 4.92. The molecule has 8 heteroatoms. The normalized spacial score (nSPS) is 40.8. The molecule has 136 valence electrons. The lowest BCUT2D eigenvalue weighted by Crippen LogP contribution is -2.64. The lowest BCUT2D eigenvalue weighted by atomic mass is 9.84. The van der Waals surface area contributed by atoms with Crippen molar-refractivity contribution in [2.75, 3.05) is 0 Å². The van der Waals surface area contributed by atoms with Gasteiger partial charge in [-0.2, -0.15) is 0 Å². The van der Waals surface area contributed by atoms with Crippen molar-refractivity contribution in [3.05, 3.63) is 0 Å². The van der Waals surface area contributed by atoms with Crippen molar-refractivity contribution < 1.29 is 38.7 Å². The van der Waals surface area contributed by atoms with Gasteiger partial charge in [0.2, 0.25) is 0 Å². The molecule has 6 atom stereocenters. The Morgan fingerprint density at radius 1 is 0.875 bits per heavy atom. The minimum atomic E-state index is -1.43. The van der Waals surface area contributed by atoms with E-state index in [9.17, 15) is 19.8 Å². The van der Waals surface area contributed by atoms with E-state index in [2.05, 4.69) is 0 Å². The molecular weight excluding hydrogens is 320 g/mol. The van der Waals surface area contributed by atoms with Crippen LogP contribution < -0.4 is 0 Å². The fourth-order valence-electron chi connectivity index (χ4n) is 3.93. The lowest BCUT2D eigenvalue weighted by Gasteiger charge is -2.41. The van der Waals surface area contributed by atoms with Crippen LogP contribution in [0.3, 0.4) is 0 Å². The lowest BCUT2D eigenvalue weighted by molar-refractivity contribution is -0.221. The van der Waals surface area contributed by atoms with E-state index in [1.807, 2.05) is 0 Å². The van der Waals surface area contributed by atoms with E-state index in [0.29, 0.717) is 12.8 Å². The van der Waals surface area contributed by atoms with Gasteiger partial charge in [0.1, 0.15) is 24.4 Å². The zero-order chi connectivity index (χ0) is 17.5. The SMILES string of the molecule is CC(=O)O[C@@H]1[C@H]2OC3(CCCCC3)O[C@H]2[C@@H](O)[C@H](O)[C@H]1OC(C)=O. The van der Waals surface area contributed by atoms with Gasteiger partial charge in [0.15, 0.2) is 18.0 Å². The van der Waals surface area contributed by atoms with Crippen LogP contribution in [0.15, 0.2) is 0 Å². The highest BCUT2D eigenvalue weighted by Gasteiger charge is 2.62. The molecule has 8 nitrogen and oxygen atoms in total. The molecule has 1 spiro atoms. The second kappa shape index (κ2) is 6.59. The number of hydrogen-bond acceptors (Lipinski definition) is 8. The van der Waals surface area contributed by atoms with E-state index >= 15 is 0 Å². The summed E-state index contributed by atoms with van der Waals surface area (Å²) in [4.78, 5) is 22.8. The standard InChI is InChI=1S/C16H24O8/c1-8(17)21-12-10(19)11(20)13-15(14(12)22-9(2)18)24-16(23-13)6-4-3-5-7-16/h10-15,19-20H,3-7H2,1-2H3/t10-,11-,12+,13-,14-,15-/m0/s1. The van der Waals surface area contributed by atoms with Gasteiger partial charge >= 0.3 is 11.9 Å². The Balaban J connectivity index is 1.88. The number of fused-ring (bicyclic) bond motifs is 1. The maximum absolute atomic E-state index is 11.5. The molecule has 2 saturated carbocycles. The van der Waals surface area contributed by atoms with Crippen LogP contribution >= 0.6 is 0 Å². The summed E-state index contributed by atoms with van der Waals surface area (Å²) in [6.45, 7) is 2.41. The molecule has 0 aromatic rings. The Morgan fingerprint density at radius 2 is 1.42 bits per heavy atom. The molecule has 0 bridgehead atoms. The third kappa shape index (κ3) is 3.15. The van der Waals surface area contributed by atoms with Gasteiger partial charge in [0.05, 0.1) is 0 Å². The molecule has 0 unspecified atom stereocenters. The molecule has 3 aliphatic rings. The quantitative estimate of drug-likeness (QED) is 0.675. The van der Waals surface area contributed by atoms with Gasteiger partial charge in [-0.3, -0.25) is 9.59 Å². The average Bonchev–Trinajstić information content (AvgIpc) is 2.87. The molecule has 3 rings (SSSR count). The maximum atomic E-state index is 11.5. The molecule has 24 heavy (non-hydrogen) atoms. The molecule has 2 N–H and O–H groups in total. The first-order valence-electron chi connectivity index (χ1n) is 8.39. The predicted octanol–water partition coefficient (Wildman–Crippen LogP) is 0.0296. The van der Waals surface area contributed by atoms with Gasteiger partial charge in [0.25, 0.3) is 0 Å². The Morgan fingerprint density at radius 3 is 2.00 bits per heavy atom. The van der Waals surface area contributed by atoms with Crippen molar-refractivity contribution in [1.29, 1.82) is 0 Å². The van der Waals surface area contributed by atoms with E-state index in [-0.39, 0.29) is 0 Å². The van der Waals surface area contributed by atoms with Crippen LogP contribution in [0.4, 0.5) is 0 Å². The second-order valence-electron chi connectivity index (χ2n) is 6.77. The fraction of sp³-hybridized carbons (Fsp3) is 0.875. The summed E-state index contributed by atoms with van der Waals surface area (Å²) in [7, 11) is 0. The summed E-state index contributed by atoms with van der Waals surface area (Å²) in [5.74, 6) is -2.07. The summed E-state index contributed by atoms with van der Waals surface area (Å²) in [5, 5.41) is 20.8. The van der Waals surface area contributed by atoms with Crippen LogP contribution in [-0.2, 0) is 28.5 Å². The summed E-state index contributed by atoms with van der Waals surface area (Å²) in [6, 6.07) is 0. The van der Waals surface area contributed by atoms with Crippen LogP contribution in [0.5, 0.6) is 0 Å². The largest absolute Gasteiger partial charge is 0.456 e. The summed E-state index contributed by atoms with van der Waals surface area (Å²) >= 11 is 0. The van der Waals surface area contributed by atoms with Crippen LogP contribution in [0.2, 0.25) is 0 Å². The van der Waals surface area contributed by atoms with Crippen molar-refractivity contribution in [3.8, 4) is 0 Å². The van der Waals surface area contributed by atoms with Crippen molar-refractivity contribution in [2.45, 2.75) is 88.4 Å². The van der Waals surface area contributed by atoms with E-state index in [1.54, 1.807) is 0 Å². The van der Waals surface area contributed by atoms with E-state index in [4.69, 9.17) is 18.9 Å². The molecule has 2 aliphatic carbocycles. The van der Waals surface area contributed by atoms with Gasteiger partial charge in [0, 0.05) is 26.7 Å². The topological polar surface area (TPSA) is 112 Å². The number of rotatable bonds is 2. The molecule has 3 fully saturated rings. The molecule has 0 amide bonds. The highest BCUT2D eigenvalue weighted by atomic mass is 16.8. The van der Waals surface area contributed by atoms with E-state index in [0.717, 1.165) is 19.3 Å². The van der Waals surface area contributed by atoms with Crippen molar-refractivity contribution >= 4 is 11.9 Å². The monoisotopic (exact) mass is 344 g/mol. The van der Waals surface area contributed by atoms with Crippen LogP contribution in [0.25, 0.3) is 0 Å². The van der Waals surface area contributed by atoms with Crippen LogP contribution in [0, 0.1) is 0 Å². The van der Waals surface area contributed by atoms with Crippen LogP contribution in [-0.4, -0.2) is 64.6 Å². The van der Waals surface area contributed by atoms with E-state index < -0.39 is 54.3 Å². The smallest absolute Gasteiger partial charge is 0.303 e. The first-order chi connectivity index (χ1) is 11.3. The Kier molecular flexibility index (Phi) is 4.83. The second-order valence-corrected chi connectivity index (χ2v) is 6.77. The number of aliphatic hydroxyl groups excluding tert-OH is 2. The number of carbonyl (C=O) groups is 2. The first kappa shape index (κ1) is 17.6. The predicted molar refractivity (Wildman–Crippen MR) is 78.7 cm³/mol. The first-order valence-corrected chi connectivity index (χ1v) is 8.39. The highest BCUT2D eigenvalue weighted by molar-refractivity contribution is 5.67. The third-order valence-corrected chi connectivity index (χ3v) is 4.92. The zero-order valence-corrected chi connectivity index (χ0v) is 13.8. The fourth-order valence-corrected chi connectivity index (χ4v) is 3.93. The zero-order valence-electron chi connectivity index (χ0n) is 13.8. The van der Waals surface area contributed by atoms with Crippen LogP contribution in [0.1, 0.15) is 46.0 Å². The van der Waals surface area contributed by atoms with Gasteiger partial charge in [-0.1, -0.05) is 6.42 Å². The molecule has 0 aromatic heterocycles. The van der Waals surface area contributed by atoms with Gasteiger partial charge < -0.3 is 29.2 Å². The Labute approximate surface area is 140 Å². The molecule has 1 saturated heterocycles. The van der Waals surface area contributed by atoms with Gasteiger partial charge in [-0.05, 0) is 12.8 Å². The van der Waals surface area contributed by atoms with Gasteiger partial charge in [-0.15, -0.1) is 0 Å². The van der Waals surface area contributed by atoms with Gasteiger partial charge in [-0.25, -0.2) is 0 Å². The summed E-state index contributed by atoms with van der Waals surface area (Å²) in [5.41, 5.74) is 0. The minimum absolute atomic E-state index is 0.590. The van der Waals surface area contributed by atoms with Crippen molar-refractivity contribution in [2.24, 2.45) is 0 Å². The number of aliphatic hydroxyl groups is 2. The molecule has 0 radical (unpaired) electrons. The Hall–Kier alpha value is -1.22. The maximum Gasteiger partial charge on any atom is 0.303 e. The molecule has 0 aromatic carbocycles. The molecule has 1 heterocycles. The Bertz CT molecular complexity index is 500. The number of esters is 2. The van der Waals surface area contributed by atoms with Crippen molar-refractivity contribution in [3.63, 3.8) is 0 Å². The van der Waals surface area contributed by atoms with Crippen molar-refractivity contribution in [1.82, 2.24) is 0 Å². The summed E-state index contributed by atoms with van der Waals surface area (Å²) < 4.78 is 22.4. The number of ether oxygens (including phenoxy) is 4.